The molecule has 1 saturated carbocycles. The molecule has 0 saturated heterocycles. The maximum Gasteiger partial charge on any atom is 0.270 e. The molecule has 0 spiro atoms. The number of benzene rings is 1. The Balaban J connectivity index is 1.63. The van der Waals surface area contributed by atoms with Crippen molar-refractivity contribution in [3.63, 3.8) is 0 Å². The number of hydrogen-bond acceptors (Lipinski definition) is 3. The summed E-state index contributed by atoms with van der Waals surface area (Å²) < 4.78 is 1.01. The summed E-state index contributed by atoms with van der Waals surface area (Å²) in [5, 5.41) is 6.30. The highest BCUT2D eigenvalue weighted by Crippen LogP contribution is 2.20. The lowest BCUT2D eigenvalue weighted by atomic mass is 10.2. The van der Waals surface area contributed by atoms with Crippen molar-refractivity contribution in [3.8, 4) is 0 Å². The van der Waals surface area contributed by atoms with Crippen LogP contribution in [0.2, 0.25) is 0 Å². The molecule has 1 aliphatic carbocycles. The third-order valence-corrected chi connectivity index (χ3v) is 4.29. The Kier molecular flexibility index (Phi) is 4.73. The van der Waals surface area contributed by atoms with Gasteiger partial charge in [0.1, 0.15) is 5.69 Å². The number of carbonyl (C=O) groups excluding carboxylic acids is 1. The van der Waals surface area contributed by atoms with Gasteiger partial charge in [0.15, 0.2) is 0 Å². The van der Waals surface area contributed by atoms with Crippen LogP contribution < -0.4 is 10.6 Å². The SMILES string of the molecule is O=C(NC1CCCC1)c1ccc(Nc2cccc(Br)c2)cn1. The standard InChI is InChI=1S/C17H18BrN3O/c18-12-4-3-7-14(10-12)20-15-8-9-16(19-11-15)17(22)21-13-5-1-2-6-13/h3-4,7-11,13,20H,1-2,5-6H2,(H,21,22). The van der Waals surface area contributed by atoms with E-state index in [0.29, 0.717) is 11.7 Å². The molecule has 4 nitrogen and oxygen atoms in total. The smallest absolute Gasteiger partial charge is 0.270 e. The molecule has 1 aliphatic rings. The summed E-state index contributed by atoms with van der Waals surface area (Å²) in [6, 6.07) is 11.8. The molecule has 1 fully saturated rings. The number of anilines is 2. The van der Waals surface area contributed by atoms with Gasteiger partial charge in [0.25, 0.3) is 5.91 Å². The van der Waals surface area contributed by atoms with Crippen LogP contribution in [0.25, 0.3) is 0 Å². The quantitative estimate of drug-likeness (QED) is 0.857. The molecule has 0 atom stereocenters. The van der Waals surface area contributed by atoms with Crippen molar-refractivity contribution >= 4 is 33.2 Å². The van der Waals surface area contributed by atoms with Gasteiger partial charge in [-0.1, -0.05) is 34.8 Å². The number of rotatable bonds is 4. The normalized spacial score (nSPS) is 14.8. The van der Waals surface area contributed by atoms with Gasteiger partial charge in [0, 0.05) is 16.2 Å². The lowest BCUT2D eigenvalue weighted by molar-refractivity contribution is 0.0933. The Bertz CT molecular complexity index is 651. The lowest BCUT2D eigenvalue weighted by Gasteiger charge is -2.12. The molecule has 3 rings (SSSR count). The van der Waals surface area contributed by atoms with Gasteiger partial charge < -0.3 is 10.6 Å². The predicted octanol–water partition coefficient (Wildman–Crippen LogP) is 4.26. The zero-order valence-electron chi connectivity index (χ0n) is 12.2. The maximum absolute atomic E-state index is 12.1. The molecule has 0 radical (unpaired) electrons. The summed E-state index contributed by atoms with van der Waals surface area (Å²) in [7, 11) is 0. The summed E-state index contributed by atoms with van der Waals surface area (Å²) >= 11 is 3.44. The molecule has 114 valence electrons. The molecular formula is C17H18BrN3O. The Morgan fingerprint density at radius 1 is 1.14 bits per heavy atom. The number of nitrogens with one attached hydrogen (secondary N) is 2. The van der Waals surface area contributed by atoms with Gasteiger partial charge in [0.05, 0.1) is 11.9 Å². The molecule has 1 amide bonds. The largest absolute Gasteiger partial charge is 0.354 e. The zero-order valence-corrected chi connectivity index (χ0v) is 13.8. The Labute approximate surface area is 138 Å². The molecule has 1 aromatic heterocycles. The van der Waals surface area contributed by atoms with Crippen LogP contribution in [0, 0.1) is 0 Å². The molecular weight excluding hydrogens is 342 g/mol. The van der Waals surface area contributed by atoms with Crippen LogP contribution in [0.15, 0.2) is 47.1 Å². The molecule has 0 aliphatic heterocycles. The summed E-state index contributed by atoms with van der Waals surface area (Å²) in [5.41, 5.74) is 2.29. The Hall–Kier alpha value is -1.88. The summed E-state index contributed by atoms with van der Waals surface area (Å²) in [6.45, 7) is 0. The van der Waals surface area contributed by atoms with Crippen molar-refractivity contribution in [3.05, 3.63) is 52.8 Å². The Morgan fingerprint density at radius 2 is 1.95 bits per heavy atom. The van der Waals surface area contributed by atoms with Gasteiger partial charge in [-0.3, -0.25) is 4.79 Å². The van der Waals surface area contributed by atoms with Crippen LogP contribution in [0.4, 0.5) is 11.4 Å². The first kappa shape index (κ1) is 15.0. The number of hydrogen-bond donors (Lipinski definition) is 2. The monoisotopic (exact) mass is 359 g/mol. The average Bonchev–Trinajstić information content (AvgIpc) is 3.01. The fourth-order valence-electron chi connectivity index (χ4n) is 2.66. The fraction of sp³-hybridized carbons (Fsp3) is 0.294. The van der Waals surface area contributed by atoms with E-state index >= 15 is 0 Å². The molecule has 2 N–H and O–H groups in total. The molecule has 0 unspecified atom stereocenters. The van der Waals surface area contributed by atoms with E-state index in [1.54, 1.807) is 12.3 Å². The first-order valence-corrected chi connectivity index (χ1v) is 8.29. The van der Waals surface area contributed by atoms with E-state index in [1.807, 2.05) is 30.3 Å². The maximum atomic E-state index is 12.1. The minimum absolute atomic E-state index is 0.0825. The predicted molar refractivity (Wildman–Crippen MR) is 91.4 cm³/mol. The van der Waals surface area contributed by atoms with Crippen molar-refractivity contribution in [1.82, 2.24) is 10.3 Å². The van der Waals surface area contributed by atoms with Crippen molar-refractivity contribution in [1.29, 1.82) is 0 Å². The summed E-state index contributed by atoms with van der Waals surface area (Å²) in [6.07, 6.45) is 6.24. The van der Waals surface area contributed by atoms with Crippen molar-refractivity contribution in [2.24, 2.45) is 0 Å². The first-order valence-electron chi connectivity index (χ1n) is 7.50. The van der Waals surface area contributed by atoms with Crippen LogP contribution >= 0.6 is 15.9 Å². The third kappa shape index (κ3) is 3.85. The highest BCUT2D eigenvalue weighted by atomic mass is 79.9. The van der Waals surface area contributed by atoms with Gasteiger partial charge in [-0.05, 0) is 43.2 Å². The van der Waals surface area contributed by atoms with E-state index in [4.69, 9.17) is 0 Å². The molecule has 2 aromatic rings. The second kappa shape index (κ2) is 6.92. The zero-order chi connectivity index (χ0) is 15.4. The van der Waals surface area contributed by atoms with Crippen molar-refractivity contribution in [2.75, 3.05) is 5.32 Å². The van der Waals surface area contributed by atoms with E-state index in [0.717, 1.165) is 28.7 Å². The van der Waals surface area contributed by atoms with Gasteiger partial charge in [-0.15, -0.1) is 0 Å². The van der Waals surface area contributed by atoms with Crippen LogP contribution in [-0.4, -0.2) is 16.9 Å². The second-order valence-corrected chi connectivity index (χ2v) is 6.44. The minimum Gasteiger partial charge on any atom is -0.354 e. The van der Waals surface area contributed by atoms with Crippen LogP contribution in [-0.2, 0) is 0 Å². The average molecular weight is 360 g/mol. The van der Waals surface area contributed by atoms with E-state index in [9.17, 15) is 4.79 Å². The Morgan fingerprint density at radius 3 is 2.64 bits per heavy atom. The van der Waals surface area contributed by atoms with Crippen LogP contribution in [0.3, 0.4) is 0 Å². The van der Waals surface area contributed by atoms with Gasteiger partial charge in [-0.2, -0.15) is 0 Å². The molecule has 5 heteroatoms. The highest BCUT2D eigenvalue weighted by Gasteiger charge is 2.18. The van der Waals surface area contributed by atoms with Gasteiger partial charge in [-0.25, -0.2) is 4.98 Å². The number of nitrogens with zero attached hydrogens (tertiary/aromatic N) is 1. The van der Waals surface area contributed by atoms with E-state index in [-0.39, 0.29) is 5.91 Å². The van der Waals surface area contributed by atoms with E-state index in [1.165, 1.54) is 12.8 Å². The number of amides is 1. The minimum atomic E-state index is -0.0825. The van der Waals surface area contributed by atoms with Crippen molar-refractivity contribution < 1.29 is 4.79 Å². The molecule has 22 heavy (non-hydrogen) atoms. The second-order valence-electron chi connectivity index (χ2n) is 5.52. The molecule has 0 bridgehead atoms. The van der Waals surface area contributed by atoms with Gasteiger partial charge in [0.2, 0.25) is 0 Å². The summed E-state index contributed by atoms with van der Waals surface area (Å²) in [4.78, 5) is 16.4. The number of pyridine rings is 1. The number of aromatic nitrogens is 1. The third-order valence-electron chi connectivity index (χ3n) is 3.80. The molecule has 1 aromatic carbocycles. The highest BCUT2D eigenvalue weighted by molar-refractivity contribution is 9.10. The van der Waals surface area contributed by atoms with E-state index < -0.39 is 0 Å². The van der Waals surface area contributed by atoms with Crippen LogP contribution in [0.5, 0.6) is 0 Å². The number of carbonyl (C=O) groups is 1. The summed E-state index contributed by atoms with van der Waals surface area (Å²) in [5.74, 6) is -0.0825. The van der Waals surface area contributed by atoms with Gasteiger partial charge >= 0.3 is 0 Å². The lowest BCUT2D eigenvalue weighted by Crippen LogP contribution is -2.33. The fourth-order valence-corrected chi connectivity index (χ4v) is 3.06. The topological polar surface area (TPSA) is 54.0 Å². The van der Waals surface area contributed by atoms with Crippen LogP contribution in [0.1, 0.15) is 36.2 Å². The molecule has 1 heterocycles. The van der Waals surface area contributed by atoms with E-state index in [2.05, 4.69) is 31.5 Å². The van der Waals surface area contributed by atoms with Crippen molar-refractivity contribution in [2.45, 2.75) is 31.7 Å². The first-order chi connectivity index (χ1) is 10.7. The number of halogens is 1.